The first-order valence-electron chi connectivity index (χ1n) is 5.85. The van der Waals surface area contributed by atoms with Crippen LogP contribution in [0.4, 0.5) is 0 Å². The monoisotopic (exact) mass is 251 g/mol. The predicted octanol–water partition coefficient (Wildman–Crippen LogP) is 3.51. The summed E-state index contributed by atoms with van der Waals surface area (Å²) in [6, 6.07) is 13.2. The first-order valence-corrected chi connectivity index (χ1v) is 5.85. The standard InChI is InChI=1S/C16H13NO2/c18-16(19)14-10-11-15(17-12-14)9-5-4-8-13-6-2-1-3-7-13/h1-12H,(H,18,19). The van der Waals surface area contributed by atoms with Crippen molar-refractivity contribution in [2.45, 2.75) is 0 Å². The second-order valence-corrected chi connectivity index (χ2v) is 3.91. The SMILES string of the molecule is O=C(O)c1ccc(C=CC=Cc2ccccc2)nc1. The van der Waals surface area contributed by atoms with Crippen LogP contribution in [0.3, 0.4) is 0 Å². The molecule has 0 fully saturated rings. The van der Waals surface area contributed by atoms with Gasteiger partial charge in [0, 0.05) is 6.20 Å². The van der Waals surface area contributed by atoms with E-state index in [1.807, 2.05) is 54.6 Å². The number of pyridine rings is 1. The molecule has 0 saturated carbocycles. The van der Waals surface area contributed by atoms with Gasteiger partial charge in [-0.2, -0.15) is 0 Å². The summed E-state index contributed by atoms with van der Waals surface area (Å²) in [5, 5.41) is 8.75. The lowest BCUT2D eigenvalue weighted by Gasteiger charge is -1.94. The van der Waals surface area contributed by atoms with Crippen LogP contribution in [0, 0.1) is 0 Å². The Balaban J connectivity index is 1.99. The molecule has 1 aromatic heterocycles. The van der Waals surface area contributed by atoms with Gasteiger partial charge in [0.05, 0.1) is 11.3 Å². The van der Waals surface area contributed by atoms with Gasteiger partial charge in [0.2, 0.25) is 0 Å². The zero-order chi connectivity index (χ0) is 13.5. The van der Waals surface area contributed by atoms with Crippen LogP contribution in [0.25, 0.3) is 12.2 Å². The summed E-state index contributed by atoms with van der Waals surface area (Å²) in [7, 11) is 0. The number of carbonyl (C=O) groups is 1. The lowest BCUT2D eigenvalue weighted by Crippen LogP contribution is -1.96. The highest BCUT2D eigenvalue weighted by Gasteiger charge is 2.00. The molecular weight excluding hydrogens is 238 g/mol. The summed E-state index contributed by atoms with van der Waals surface area (Å²) in [5.41, 5.74) is 2.04. The van der Waals surface area contributed by atoms with Crippen molar-refractivity contribution in [3.63, 3.8) is 0 Å². The summed E-state index contributed by atoms with van der Waals surface area (Å²) in [4.78, 5) is 14.7. The van der Waals surface area contributed by atoms with Crippen LogP contribution < -0.4 is 0 Å². The van der Waals surface area contributed by atoms with E-state index in [1.165, 1.54) is 12.3 Å². The van der Waals surface area contributed by atoms with Crippen LogP contribution in [-0.4, -0.2) is 16.1 Å². The molecule has 0 unspecified atom stereocenters. The average Bonchev–Trinajstić information content (AvgIpc) is 2.45. The zero-order valence-electron chi connectivity index (χ0n) is 10.2. The van der Waals surface area contributed by atoms with E-state index in [1.54, 1.807) is 6.07 Å². The lowest BCUT2D eigenvalue weighted by atomic mass is 10.2. The van der Waals surface area contributed by atoms with Gasteiger partial charge in [-0.3, -0.25) is 4.98 Å². The molecule has 0 radical (unpaired) electrons. The molecule has 3 heteroatoms. The van der Waals surface area contributed by atoms with Gasteiger partial charge >= 0.3 is 5.97 Å². The van der Waals surface area contributed by atoms with Crippen LogP contribution >= 0.6 is 0 Å². The fourth-order valence-corrected chi connectivity index (χ4v) is 1.52. The van der Waals surface area contributed by atoms with Crippen LogP contribution in [-0.2, 0) is 0 Å². The third-order valence-corrected chi connectivity index (χ3v) is 2.50. The Morgan fingerprint density at radius 2 is 1.74 bits per heavy atom. The fraction of sp³-hybridized carbons (Fsp3) is 0. The van der Waals surface area contributed by atoms with Crippen molar-refractivity contribution in [3.05, 3.63) is 77.6 Å². The van der Waals surface area contributed by atoms with E-state index in [9.17, 15) is 4.79 Å². The Kier molecular flexibility index (Phi) is 4.24. The predicted molar refractivity (Wildman–Crippen MR) is 75.7 cm³/mol. The van der Waals surface area contributed by atoms with Crippen molar-refractivity contribution >= 4 is 18.1 Å². The van der Waals surface area contributed by atoms with Gasteiger partial charge in [-0.05, 0) is 23.8 Å². The third kappa shape index (κ3) is 3.92. The van der Waals surface area contributed by atoms with E-state index in [2.05, 4.69) is 4.98 Å². The maximum absolute atomic E-state index is 10.7. The molecule has 1 aromatic carbocycles. The molecule has 0 saturated heterocycles. The number of aromatic nitrogens is 1. The lowest BCUT2D eigenvalue weighted by molar-refractivity contribution is 0.0696. The van der Waals surface area contributed by atoms with Crippen LogP contribution in [0.15, 0.2) is 60.8 Å². The van der Waals surface area contributed by atoms with E-state index in [0.717, 1.165) is 11.3 Å². The van der Waals surface area contributed by atoms with Crippen molar-refractivity contribution in [1.29, 1.82) is 0 Å². The summed E-state index contributed by atoms with van der Waals surface area (Å²) >= 11 is 0. The smallest absolute Gasteiger partial charge is 0.337 e. The summed E-state index contributed by atoms with van der Waals surface area (Å²) in [6.45, 7) is 0. The minimum absolute atomic E-state index is 0.192. The normalized spacial score (nSPS) is 11.2. The first kappa shape index (κ1) is 12.8. The molecule has 94 valence electrons. The van der Waals surface area contributed by atoms with Crippen molar-refractivity contribution < 1.29 is 9.90 Å². The number of carboxylic acid groups (broad SMARTS) is 1. The number of allylic oxidation sites excluding steroid dienone is 2. The molecule has 19 heavy (non-hydrogen) atoms. The molecule has 0 atom stereocenters. The van der Waals surface area contributed by atoms with Gasteiger partial charge in [0.25, 0.3) is 0 Å². The number of rotatable bonds is 4. The Morgan fingerprint density at radius 1 is 1.00 bits per heavy atom. The largest absolute Gasteiger partial charge is 0.478 e. The van der Waals surface area contributed by atoms with Crippen molar-refractivity contribution in [2.75, 3.05) is 0 Å². The molecule has 1 N–H and O–H groups in total. The minimum atomic E-state index is -0.966. The quantitative estimate of drug-likeness (QED) is 0.846. The first-order chi connectivity index (χ1) is 9.25. The number of carboxylic acids is 1. The van der Waals surface area contributed by atoms with E-state index < -0.39 is 5.97 Å². The molecular formula is C16H13NO2. The number of benzene rings is 1. The van der Waals surface area contributed by atoms with Gasteiger partial charge in [-0.15, -0.1) is 0 Å². The maximum atomic E-state index is 10.7. The topological polar surface area (TPSA) is 50.2 Å². The van der Waals surface area contributed by atoms with Gasteiger partial charge in [-0.25, -0.2) is 4.79 Å². The van der Waals surface area contributed by atoms with E-state index >= 15 is 0 Å². The van der Waals surface area contributed by atoms with E-state index in [4.69, 9.17) is 5.11 Å². The molecule has 3 nitrogen and oxygen atoms in total. The number of hydrogen-bond donors (Lipinski definition) is 1. The molecule has 1 heterocycles. The Hall–Kier alpha value is -2.68. The van der Waals surface area contributed by atoms with Crippen molar-refractivity contribution in [2.24, 2.45) is 0 Å². The van der Waals surface area contributed by atoms with E-state index in [-0.39, 0.29) is 5.56 Å². The Morgan fingerprint density at radius 3 is 2.37 bits per heavy atom. The maximum Gasteiger partial charge on any atom is 0.337 e. The molecule has 0 amide bonds. The molecule has 2 aromatic rings. The number of hydrogen-bond acceptors (Lipinski definition) is 2. The van der Waals surface area contributed by atoms with Crippen molar-refractivity contribution in [3.8, 4) is 0 Å². The second kappa shape index (κ2) is 6.31. The highest BCUT2D eigenvalue weighted by molar-refractivity contribution is 5.87. The minimum Gasteiger partial charge on any atom is -0.478 e. The van der Waals surface area contributed by atoms with Crippen LogP contribution in [0.5, 0.6) is 0 Å². The highest BCUT2D eigenvalue weighted by atomic mass is 16.4. The molecule has 0 spiro atoms. The molecule has 0 aliphatic heterocycles. The van der Waals surface area contributed by atoms with Gasteiger partial charge in [0.1, 0.15) is 0 Å². The molecule has 0 aliphatic rings. The Labute approximate surface area is 111 Å². The average molecular weight is 251 g/mol. The summed E-state index contributed by atoms with van der Waals surface area (Å²) in [6.07, 6.45) is 8.95. The second-order valence-electron chi connectivity index (χ2n) is 3.91. The summed E-state index contributed by atoms with van der Waals surface area (Å²) in [5.74, 6) is -0.966. The summed E-state index contributed by atoms with van der Waals surface area (Å²) < 4.78 is 0. The molecule has 0 aliphatic carbocycles. The highest BCUT2D eigenvalue weighted by Crippen LogP contribution is 2.04. The molecule has 2 rings (SSSR count). The van der Waals surface area contributed by atoms with Crippen LogP contribution in [0.2, 0.25) is 0 Å². The van der Waals surface area contributed by atoms with Crippen molar-refractivity contribution in [1.82, 2.24) is 4.98 Å². The fourth-order valence-electron chi connectivity index (χ4n) is 1.52. The van der Waals surface area contributed by atoms with Gasteiger partial charge in [-0.1, -0.05) is 48.6 Å². The Bertz CT molecular complexity index is 598. The van der Waals surface area contributed by atoms with Crippen LogP contribution in [0.1, 0.15) is 21.6 Å². The van der Waals surface area contributed by atoms with E-state index in [0.29, 0.717) is 0 Å². The van der Waals surface area contributed by atoms with Gasteiger partial charge < -0.3 is 5.11 Å². The number of aromatic carboxylic acids is 1. The number of nitrogens with zero attached hydrogens (tertiary/aromatic N) is 1. The third-order valence-electron chi connectivity index (χ3n) is 2.50. The zero-order valence-corrected chi connectivity index (χ0v) is 10.2. The van der Waals surface area contributed by atoms with Gasteiger partial charge in [0.15, 0.2) is 0 Å². The molecule has 0 bridgehead atoms.